The third-order valence-electron chi connectivity index (χ3n) is 2.43. The van der Waals surface area contributed by atoms with E-state index in [-0.39, 0.29) is 17.9 Å². The van der Waals surface area contributed by atoms with Gasteiger partial charge in [0, 0.05) is 6.54 Å². The summed E-state index contributed by atoms with van der Waals surface area (Å²) in [6, 6.07) is 2.81. The molecule has 0 aliphatic carbocycles. The van der Waals surface area contributed by atoms with Gasteiger partial charge in [0.05, 0.1) is 18.6 Å². The zero-order valence-electron chi connectivity index (χ0n) is 9.49. The molecule has 0 saturated heterocycles. The first-order chi connectivity index (χ1) is 8.29. The first-order valence-electron chi connectivity index (χ1n) is 4.98. The van der Waals surface area contributed by atoms with Gasteiger partial charge in [0.2, 0.25) is 0 Å². The van der Waals surface area contributed by atoms with Crippen LogP contribution in [0.3, 0.4) is 0 Å². The van der Waals surface area contributed by atoms with Crippen LogP contribution in [-0.2, 0) is 11.0 Å². The van der Waals surface area contributed by atoms with Crippen LogP contribution in [0.15, 0.2) is 18.2 Å². The monoisotopic (exact) mass is 263 g/mol. The number of benzene rings is 1. The summed E-state index contributed by atoms with van der Waals surface area (Å²) in [7, 11) is 1.21. The van der Waals surface area contributed by atoms with Crippen LogP contribution >= 0.6 is 0 Å². The molecule has 0 aliphatic rings. The van der Waals surface area contributed by atoms with Crippen molar-refractivity contribution in [3.8, 4) is 5.75 Å². The van der Waals surface area contributed by atoms with Gasteiger partial charge >= 0.3 is 12.1 Å². The predicted molar refractivity (Wildman–Crippen MR) is 57.4 cm³/mol. The Kier molecular flexibility index (Phi) is 4.18. The third-order valence-corrected chi connectivity index (χ3v) is 2.43. The van der Waals surface area contributed by atoms with Crippen LogP contribution in [0, 0.1) is 0 Å². The zero-order chi connectivity index (χ0) is 13.9. The molecule has 1 aromatic carbocycles. The molecule has 7 heteroatoms. The van der Waals surface area contributed by atoms with E-state index < -0.39 is 23.6 Å². The molecule has 0 bridgehead atoms. The lowest BCUT2D eigenvalue weighted by Gasteiger charge is -2.15. The molecule has 0 saturated carbocycles. The first kappa shape index (κ1) is 14.3. The number of rotatable bonds is 4. The van der Waals surface area contributed by atoms with Gasteiger partial charge in [-0.05, 0) is 23.8 Å². The smallest absolute Gasteiger partial charge is 0.416 e. The number of halogens is 3. The van der Waals surface area contributed by atoms with Crippen LogP contribution in [0.2, 0.25) is 0 Å². The fraction of sp³-hybridized carbons (Fsp3) is 0.364. The highest BCUT2D eigenvalue weighted by Crippen LogP contribution is 2.34. The second-order valence-electron chi connectivity index (χ2n) is 3.62. The Labute approximate surface area is 101 Å². The average Bonchev–Trinajstić information content (AvgIpc) is 2.27. The molecule has 18 heavy (non-hydrogen) atoms. The van der Waals surface area contributed by atoms with Crippen molar-refractivity contribution in [2.45, 2.75) is 12.1 Å². The summed E-state index contributed by atoms with van der Waals surface area (Å²) in [6.45, 7) is -0.292. The van der Waals surface area contributed by atoms with E-state index in [2.05, 4.69) is 0 Å². The Hall–Kier alpha value is -1.76. The highest BCUT2D eigenvalue weighted by Gasteiger charge is 2.32. The number of nitrogens with two attached hydrogens (primary N) is 1. The van der Waals surface area contributed by atoms with Crippen LogP contribution in [0.5, 0.6) is 5.75 Å². The Balaban J connectivity index is 3.32. The Morgan fingerprint density at radius 2 is 2.06 bits per heavy atom. The molecule has 100 valence electrons. The molecule has 0 amide bonds. The fourth-order valence-electron chi connectivity index (χ4n) is 1.48. The first-order valence-corrected chi connectivity index (χ1v) is 4.98. The van der Waals surface area contributed by atoms with Gasteiger partial charge in [-0.2, -0.15) is 13.2 Å². The van der Waals surface area contributed by atoms with Gasteiger partial charge in [-0.25, -0.2) is 0 Å². The summed E-state index contributed by atoms with van der Waals surface area (Å²) in [5.74, 6) is -2.53. The SMILES string of the molecule is COc1cc(C(CN)C(=O)O)cc(C(F)(F)F)c1. The Morgan fingerprint density at radius 1 is 1.44 bits per heavy atom. The van der Waals surface area contributed by atoms with Crippen LogP contribution < -0.4 is 10.5 Å². The lowest BCUT2D eigenvalue weighted by Crippen LogP contribution is -2.21. The van der Waals surface area contributed by atoms with Crippen molar-refractivity contribution in [3.63, 3.8) is 0 Å². The van der Waals surface area contributed by atoms with Crippen molar-refractivity contribution in [3.05, 3.63) is 29.3 Å². The number of alkyl halides is 3. The number of aliphatic carboxylic acids is 1. The average molecular weight is 263 g/mol. The number of ether oxygens (including phenoxy) is 1. The maximum Gasteiger partial charge on any atom is 0.416 e. The second kappa shape index (κ2) is 5.26. The molecule has 1 rings (SSSR count). The molecule has 0 heterocycles. The van der Waals surface area contributed by atoms with Crippen LogP contribution in [0.4, 0.5) is 13.2 Å². The normalized spacial score (nSPS) is 13.2. The quantitative estimate of drug-likeness (QED) is 0.869. The summed E-state index contributed by atoms with van der Waals surface area (Å²) in [6.07, 6.45) is -4.57. The minimum atomic E-state index is -4.57. The molecule has 0 aromatic heterocycles. The lowest BCUT2D eigenvalue weighted by molar-refractivity contribution is -0.140. The van der Waals surface area contributed by atoms with Crippen LogP contribution in [0.25, 0.3) is 0 Å². The summed E-state index contributed by atoms with van der Waals surface area (Å²) in [4.78, 5) is 10.9. The summed E-state index contributed by atoms with van der Waals surface area (Å²) in [5.41, 5.74) is 4.26. The predicted octanol–water partition coefficient (Wildman–Crippen LogP) is 1.84. The maximum atomic E-state index is 12.6. The molecule has 1 unspecified atom stereocenters. The standard InChI is InChI=1S/C11H12F3NO3/c1-18-8-3-6(9(5-15)10(16)17)2-7(4-8)11(12,13)14/h2-4,9H,5,15H2,1H3,(H,16,17). The molecular weight excluding hydrogens is 251 g/mol. The molecule has 1 atom stereocenters. The number of methoxy groups -OCH3 is 1. The van der Waals surface area contributed by atoms with Crippen molar-refractivity contribution in [1.29, 1.82) is 0 Å². The van der Waals surface area contributed by atoms with Gasteiger partial charge in [-0.1, -0.05) is 0 Å². The fourth-order valence-corrected chi connectivity index (χ4v) is 1.48. The molecule has 4 nitrogen and oxygen atoms in total. The summed E-state index contributed by atoms with van der Waals surface area (Å²) >= 11 is 0. The third kappa shape index (κ3) is 3.13. The van der Waals surface area contributed by atoms with Gasteiger partial charge < -0.3 is 15.6 Å². The number of carboxylic acid groups (broad SMARTS) is 1. The van der Waals surface area contributed by atoms with Gasteiger partial charge in [0.15, 0.2) is 0 Å². The van der Waals surface area contributed by atoms with E-state index in [4.69, 9.17) is 15.6 Å². The Morgan fingerprint density at radius 3 is 2.44 bits per heavy atom. The van der Waals surface area contributed by atoms with Crippen molar-refractivity contribution in [2.24, 2.45) is 5.73 Å². The highest BCUT2D eigenvalue weighted by molar-refractivity contribution is 5.76. The van der Waals surface area contributed by atoms with E-state index in [9.17, 15) is 18.0 Å². The van der Waals surface area contributed by atoms with Crippen molar-refractivity contribution in [1.82, 2.24) is 0 Å². The maximum absolute atomic E-state index is 12.6. The van der Waals surface area contributed by atoms with Gasteiger partial charge in [-0.3, -0.25) is 4.79 Å². The van der Waals surface area contributed by atoms with Crippen molar-refractivity contribution >= 4 is 5.97 Å². The summed E-state index contributed by atoms with van der Waals surface area (Å²) < 4.78 is 42.6. The van der Waals surface area contributed by atoms with E-state index in [1.807, 2.05) is 0 Å². The molecular formula is C11H12F3NO3. The minimum Gasteiger partial charge on any atom is -0.497 e. The number of carboxylic acids is 1. The lowest BCUT2D eigenvalue weighted by atomic mass is 9.97. The molecule has 0 fully saturated rings. The molecule has 3 N–H and O–H groups in total. The molecule has 1 aromatic rings. The van der Waals surface area contributed by atoms with Crippen molar-refractivity contribution in [2.75, 3.05) is 13.7 Å². The van der Waals surface area contributed by atoms with E-state index in [1.165, 1.54) is 13.2 Å². The summed E-state index contributed by atoms with van der Waals surface area (Å²) in [5, 5.41) is 8.88. The molecule has 0 spiro atoms. The van der Waals surface area contributed by atoms with E-state index in [1.54, 1.807) is 0 Å². The van der Waals surface area contributed by atoms with Crippen molar-refractivity contribution < 1.29 is 27.8 Å². The number of carbonyl (C=O) groups is 1. The molecule has 0 aliphatic heterocycles. The topological polar surface area (TPSA) is 72.5 Å². The Bertz CT molecular complexity index is 446. The number of hydrogen-bond donors (Lipinski definition) is 2. The van der Waals surface area contributed by atoms with E-state index >= 15 is 0 Å². The van der Waals surface area contributed by atoms with Gasteiger partial charge in [0.25, 0.3) is 0 Å². The van der Waals surface area contributed by atoms with Gasteiger partial charge in [0.1, 0.15) is 5.75 Å². The molecule has 0 radical (unpaired) electrons. The van der Waals surface area contributed by atoms with Gasteiger partial charge in [-0.15, -0.1) is 0 Å². The zero-order valence-corrected chi connectivity index (χ0v) is 9.49. The second-order valence-corrected chi connectivity index (χ2v) is 3.62. The van der Waals surface area contributed by atoms with E-state index in [0.717, 1.165) is 12.1 Å². The number of hydrogen-bond acceptors (Lipinski definition) is 3. The largest absolute Gasteiger partial charge is 0.497 e. The van der Waals surface area contributed by atoms with Crippen LogP contribution in [-0.4, -0.2) is 24.7 Å². The highest BCUT2D eigenvalue weighted by atomic mass is 19.4. The van der Waals surface area contributed by atoms with Crippen LogP contribution in [0.1, 0.15) is 17.0 Å². The van der Waals surface area contributed by atoms with E-state index in [0.29, 0.717) is 0 Å². The minimum absolute atomic E-state index is 0.0309.